The molecule has 0 bridgehead atoms. The van der Waals surface area contributed by atoms with E-state index in [-0.39, 0.29) is 24.5 Å². The summed E-state index contributed by atoms with van der Waals surface area (Å²) < 4.78 is 0. The molecule has 96 valence electrons. The first-order valence-electron chi connectivity index (χ1n) is 5.80. The number of nitrogens with one attached hydrogen (secondary N) is 1. The van der Waals surface area contributed by atoms with Gasteiger partial charge in [-0.3, -0.25) is 14.5 Å². The summed E-state index contributed by atoms with van der Waals surface area (Å²) in [5, 5.41) is 0. The van der Waals surface area contributed by atoms with Crippen LogP contribution in [0, 0.1) is 0 Å². The fourth-order valence-electron chi connectivity index (χ4n) is 2.03. The number of primary amides is 1. The van der Waals surface area contributed by atoms with E-state index in [0.717, 1.165) is 19.4 Å². The Bertz CT molecular complexity index is 279. The number of rotatable bonds is 7. The maximum Gasteiger partial charge on any atom is 0.231 e. The van der Waals surface area contributed by atoms with E-state index < -0.39 is 0 Å². The van der Waals surface area contributed by atoms with Crippen LogP contribution in [0.15, 0.2) is 25.3 Å². The summed E-state index contributed by atoms with van der Waals surface area (Å²) in [6.07, 6.45) is 5.49. The first kappa shape index (κ1) is 13.9. The Kier molecular flexibility index (Phi) is 5.90. The van der Waals surface area contributed by atoms with Gasteiger partial charge >= 0.3 is 0 Å². The number of likely N-dealkylation sites (tertiary alicyclic amines) is 1. The van der Waals surface area contributed by atoms with E-state index in [2.05, 4.69) is 18.6 Å². The van der Waals surface area contributed by atoms with Crippen molar-refractivity contribution < 1.29 is 9.63 Å². The van der Waals surface area contributed by atoms with Gasteiger partial charge in [-0.25, -0.2) is 0 Å². The van der Waals surface area contributed by atoms with Crippen molar-refractivity contribution in [1.82, 2.24) is 10.4 Å². The molecule has 0 saturated carbocycles. The Morgan fingerprint density at radius 2 is 2.29 bits per heavy atom. The van der Waals surface area contributed by atoms with Crippen LogP contribution in [0.3, 0.4) is 0 Å². The van der Waals surface area contributed by atoms with Gasteiger partial charge < -0.3 is 5.73 Å². The van der Waals surface area contributed by atoms with E-state index in [4.69, 9.17) is 10.6 Å². The highest BCUT2D eigenvalue weighted by Crippen LogP contribution is 2.17. The van der Waals surface area contributed by atoms with Gasteiger partial charge in [-0.15, -0.1) is 13.2 Å². The third kappa shape index (κ3) is 4.68. The molecule has 0 radical (unpaired) electrons. The van der Waals surface area contributed by atoms with Gasteiger partial charge in [0.15, 0.2) is 0 Å². The Balaban J connectivity index is 2.44. The quantitative estimate of drug-likeness (QED) is 0.378. The number of piperidine rings is 1. The zero-order chi connectivity index (χ0) is 12.7. The van der Waals surface area contributed by atoms with Crippen LogP contribution < -0.4 is 11.2 Å². The summed E-state index contributed by atoms with van der Waals surface area (Å²) in [6, 6.07) is 0.436. The molecule has 2 atom stereocenters. The second-order valence-electron chi connectivity index (χ2n) is 4.19. The van der Waals surface area contributed by atoms with Gasteiger partial charge in [-0.1, -0.05) is 12.2 Å². The molecule has 0 spiro atoms. The van der Waals surface area contributed by atoms with Crippen molar-refractivity contribution >= 4 is 5.91 Å². The van der Waals surface area contributed by atoms with Crippen molar-refractivity contribution in [3.8, 4) is 0 Å². The standard InChI is InChI=1S/C12H21N3O2/c1-3-7-17-14-10-5-6-11(4-2)15(8-10)9-12(13)16/h3-4,10-11,14H,1-2,5-9H2,(H2,13,16)/t10?,11-/m1/s1. The minimum Gasteiger partial charge on any atom is -0.369 e. The molecule has 3 N–H and O–H groups in total. The molecule has 1 amide bonds. The van der Waals surface area contributed by atoms with Gasteiger partial charge in [-0.05, 0) is 12.8 Å². The molecule has 1 unspecified atom stereocenters. The fourth-order valence-corrected chi connectivity index (χ4v) is 2.03. The second kappa shape index (κ2) is 7.21. The lowest BCUT2D eigenvalue weighted by Gasteiger charge is -2.37. The molecule has 1 rings (SSSR count). The van der Waals surface area contributed by atoms with Crippen molar-refractivity contribution in [2.24, 2.45) is 5.73 Å². The molecule has 0 aromatic carbocycles. The highest BCUT2D eigenvalue weighted by atomic mass is 16.6. The molecule has 0 aromatic rings. The van der Waals surface area contributed by atoms with Crippen LogP contribution in [0.5, 0.6) is 0 Å². The zero-order valence-electron chi connectivity index (χ0n) is 10.1. The average Bonchev–Trinajstić information content (AvgIpc) is 2.29. The van der Waals surface area contributed by atoms with Crippen LogP contribution in [0.2, 0.25) is 0 Å². The van der Waals surface area contributed by atoms with Crippen molar-refractivity contribution in [2.45, 2.75) is 24.9 Å². The Morgan fingerprint density at radius 3 is 2.88 bits per heavy atom. The summed E-state index contributed by atoms with van der Waals surface area (Å²) in [4.78, 5) is 18.2. The monoisotopic (exact) mass is 239 g/mol. The summed E-state index contributed by atoms with van der Waals surface area (Å²) >= 11 is 0. The smallest absolute Gasteiger partial charge is 0.231 e. The number of nitrogens with two attached hydrogens (primary N) is 1. The number of hydrogen-bond donors (Lipinski definition) is 2. The third-order valence-electron chi connectivity index (χ3n) is 2.82. The molecule has 1 aliphatic rings. The van der Waals surface area contributed by atoms with Gasteiger partial charge in [0, 0.05) is 18.6 Å². The topological polar surface area (TPSA) is 67.6 Å². The number of carbonyl (C=O) groups excluding carboxylic acids is 1. The minimum absolute atomic E-state index is 0.213. The van der Waals surface area contributed by atoms with Crippen LogP contribution >= 0.6 is 0 Å². The van der Waals surface area contributed by atoms with Crippen LogP contribution in [0.1, 0.15) is 12.8 Å². The molecular weight excluding hydrogens is 218 g/mol. The third-order valence-corrected chi connectivity index (χ3v) is 2.82. The van der Waals surface area contributed by atoms with Gasteiger partial charge in [-0.2, -0.15) is 5.48 Å². The second-order valence-corrected chi connectivity index (χ2v) is 4.19. The molecule has 1 fully saturated rings. The van der Waals surface area contributed by atoms with E-state index in [1.807, 2.05) is 11.0 Å². The molecule has 1 saturated heterocycles. The summed E-state index contributed by atoms with van der Waals surface area (Å²) in [7, 11) is 0. The SMILES string of the molecule is C=CCONC1CC[C@@H](C=C)N(CC(N)=O)C1. The maximum atomic E-state index is 11.0. The number of hydroxylamine groups is 1. The normalized spacial score (nSPS) is 25.4. The van der Waals surface area contributed by atoms with Crippen molar-refractivity contribution in [2.75, 3.05) is 19.7 Å². The molecule has 5 heteroatoms. The fraction of sp³-hybridized carbons (Fsp3) is 0.583. The molecule has 17 heavy (non-hydrogen) atoms. The van der Waals surface area contributed by atoms with Crippen molar-refractivity contribution in [3.63, 3.8) is 0 Å². The van der Waals surface area contributed by atoms with Gasteiger partial charge in [0.2, 0.25) is 5.91 Å². The average molecular weight is 239 g/mol. The number of nitrogens with zero attached hydrogens (tertiary/aromatic N) is 1. The lowest BCUT2D eigenvalue weighted by molar-refractivity contribution is -0.120. The first-order chi connectivity index (χ1) is 8.17. The number of amides is 1. The van der Waals surface area contributed by atoms with Crippen molar-refractivity contribution in [3.05, 3.63) is 25.3 Å². The molecule has 1 aliphatic heterocycles. The summed E-state index contributed by atoms with van der Waals surface area (Å²) in [6.45, 7) is 8.82. The number of hydrogen-bond acceptors (Lipinski definition) is 4. The highest BCUT2D eigenvalue weighted by molar-refractivity contribution is 5.76. The summed E-state index contributed by atoms with van der Waals surface area (Å²) in [5.74, 6) is -0.315. The Morgan fingerprint density at radius 1 is 1.53 bits per heavy atom. The molecule has 0 aromatic heterocycles. The lowest BCUT2D eigenvalue weighted by atomic mass is 9.99. The number of carbonyl (C=O) groups is 1. The van der Waals surface area contributed by atoms with E-state index in [0.29, 0.717) is 6.61 Å². The predicted octanol–water partition coefficient (Wildman–Crippen LogP) is 0.198. The molecule has 0 aliphatic carbocycles. The molecular formula is C12H21N3O2. The van der Waals surface area contributed by atoms with Crippen molar-refractivity contribution in [1.29, 1.82) is 0 Å². The molecule has 5 nitrogen and oxygen atoms in total. The van der Waals surface area contributed by atoms with Gasteiger partial charge in [0.05, 0.1) is 13.2 Å². The highest BCUT2D eigenvalue weighted by Gasteiger charge is 2.27. The molecule has 1 heterocycles. The van der Waals surface area contributed by atoms with E-state index >= 15 is 0 Å². The summed E-state index contributed by atoms with van der Waals surface area (Å²) in [5.41, 5.74) is 8.20. The van der Waals surface area contributed by atoms with Crippen LogP contribution in [0.25, 0.3) is 0 Å². The largest absolute Gasteiger partial charge is 0.369 e. The first-order valence-corrected chi connectivity index (χ1v) is 5.80. The van der Waals surface area contributed by atoms with Gasteiger partial charge in [0.1, 0.15) is 0 Å². The van der Waals surface area contributed by atoms with E-state index in [1.54, 1.807) is 6.08 Å². The van der Waals surface area contributed by atoms with Crippen LogP contribution in [0.4, 0.5) is 0 Å². The lowest BCUT2D eigenvalue weighted by Crippen LogP contribution is -2.52. The predicted molar refractivity (Wildman–Crippen MR) is 67.1 cm³/mol. The Hall–Kier alpha value is -1.17. The minimum atomic E-state index is -0.315. The maximum absolute atomic E-state index is 11.0. The van der Waals surface area contributed by atoms with E-state index in [9.17, 15) is 4.79 Å². The van der Waals surface area contributed by atoms with Gasteiger partial charge in [0.25, 0.3) is 0 Å². The zero-order valence-corrected chi connectivity index (χ0v) is 10.1. The Labute approximate surface area is 102 Å². The van der Waals surface area contributed by atoms with Crippen LogP contribution in [-0.2, 0) is 9.63 Å². The van der Waals surface area contributed by atoms with Crippen LogP contribution in [-0.4, -0.2) is 42.6 Å². The van der Waals surface area contributed by atoms with E-state index in [1.165, 1.54) is 0 Å².